The minimum atomic E-state index is -0.300. The number of anilines is 1. The van der Waals surface area contributed by atoms with Gasteiger partial charge in [-0.25, -0.2) is 5.43 Å². The van der Waals surface area contributed by atoms with E-state index in [0.717, 1.165) is 5.69 Å². The highest BCUT2D eigenvalue weighted by molar-refractivity contribution is 6.01. The van der Waals surface area contributed by atoms with E-state index in [9.17, 15) is 9.90 Å². The molecule has 0 fully saturated rings. The van der Waals surface area contributed by atoms with Crippen LogP contribution in [0.3, 0.4) is 0 Å². The number of nitrogens with one attached hydrogen (secondary N) is 2. The number of aromatic hydroxyl groups is 1. The van der Waals surface area contributed by atoms with Crippen molar-refractivity contribution in [1.82, 2.24) is 5.43 Å². The number of carbonyl (C=O) groups excluding carboxylic acids is 1. The topological polar surface area (TPSA) is 83.0 Å². The molecule has 2 rings (SSSR count). The number of hydrogen-bond acceptors (Lipinski definition) is 5. The van der Waals surface area contributed by atoms with Crippen molar-refractivity contribution in [2.45, 2.75) is 6.92 Å². The van der Waals surface area contributed by atoms with Crippen LogP contribution in [-0.4, -0.2) is 30.4 Å². The molecule has 0 heterocycles. The highest BCUT2D eigenvalue weighted by atomic mass is 16.5. The first-order chi connectivity index (χ1) is 11.1. The van der Waals surface area contributed by atoms with Crippen molar-refractivity contribution in [3.8, 4) is 11.5 Å². The van der Waals surface area contributed by atoms with Gasteiger partial charge >= 0.3 is 0 Å². The summed E-state index contributed by atoms with van der Waals surface area (Å²) in [5, 5.41) is 16.7. The predicted molar refractivity (Wildman–Crippen MR) is 89.9 cm³/mol. The molecule has 2 aromatic rings. The highest BCUT2D eigenvalue weighted by Gasteiger charge is 2.06. The molecule has 0 saturated carbocycles. The molecule has 0 bridgehead atoms. The molecular weight excluding hydrogens is 294 g/mol. The van der Waals surface area contributed by atoms with E-state index in [1.807, 2.05) is 18.2 Å². The van der Waals surface area contributed by atoms with Gasteiger partial charge in [-0.15, -0.1) is 0 Å². The van der Waals surface area contributed by atoms with Crippen LogP contribution in [0.15, 0.2) is 53.6 Å². The third kappa shape index (κ3) is 4.47. The molecule has 3 N–H and O–H groups in total. The Bertz CT molecular complexity index is 714. The van der Waals surface area contributed by atoms with Crippen LogP contribution < -0.4 is 15.5 Å². The Kier molecular flexibility index (Phi) is 5.57. The lowest BCUT2D eigenvalue weighted by molar-refractivity contribution is -0.119. The van der Waals surface area contributed by atoms with E-state index in [1.165, 1.54) is 0 Å². The van der Waals surface area contributed by atoms with Crippen LogP contribution in [0.4, 0.5) is 5.69 Å². The second-order valence-electron chi connectivity index (χ2n) is 4.80. The van der Waals surface area contributed by atoms with E-state index in [2.05, 4.69) is 15.8 Å². The Hall–Kier alpha value is -3.02. The maximum atomic E-state index is 11.9. The minimum Gasteiger partial charge on any atom is -0.507 e. The van der Waals surface area contributed by atoms with Gasteiger partial charge in [0.1, 0.15) is 11.5 Å². The van der Waals surface area contributed by atoms with Gasteiger partial charge in [0.25, 0.3) is 5.91 Å². The Morgan fingerprint density at radius 3 is 2.61 bits per heavy atom. The number of hydrazone groups is 1. The lowest BCUT2D eigenvalue weighted by Gasteiger charge is -2.10. The zero-order valence-electron chi connectivity index (χ0n) is 13.0. The third-order valence-corrected chi connectivity index (χ3v) is 3.19. The average molecular weight is 313 g/mol. The van der Waals surface area contributed by atoms with Crippen LogP contribution in [0.5, 0.6) is 11.5 Å². The predicted octanol–water partition coefficient (Wildman–Crippen LogP) is 2.35. The van der Waals surface area contributed by atoms with Crippen LogP contribution in [0.2, 0.25) is 0 Å². The smallest absolute Gasteiger partial charge is 0.259 e. The standard InChI is InChI=1S/C17H19N3O3/c1-12(13-7-3-5-9-15(13)21)19-20-17(22)11-18-14-8-4-6-10-16(14)23-2/h3-10,18,21H,11H2,1-2H3,(H,20,22)/b19-12+. The van der Waals surface area contributed by atoms with E-state index in [0.29, 0.717) is 17.0 Å². The number of nitrogens with zero attached hydrogens (tertiary/aromatic N) is 1. The lowest BCUT2D eigenvalue weighted by atomic mass is 10.1. The molecule has 0 aromatic heterocycles. The fraction of sp³-hybridized carbons (Fsp3) is 0.176. The molecule has 0 aliphatic rings. The Morgan fingerprint density at radius 1 is 1.17 bits per heavy atom. The van der Waals surface area contributed by atoms with Crippen LogP contribution in [0, 0.1) is 0 Å². The number of benzene rings is 2. The number of hydrogen-bond donors (Lipinski definition) is 3. The first-order valence-electron chi connectivity index (χ1n) is 7.10. The van der Waals surface area contributed by atoms with Crippen molar-refractivity contribution in [1.29, 1.82) is 0 Å². The minimum absolute atomic E-state index is 0.0535. The molecular formula is C17H19N3O3. The fourth-order valence-corrected chi connectivity index (χ4v) is 1.99. The van der Waals surface area contributed by atoms with Crippen molar-refractivity contribution in [2.24, 2.45) is 5.10 Å². The zero-order chi connectivity index (χ0) is 16.7. The number of phenols is 1. The monoisotopic (exact) mass is 313 g/mol. The largest absolute Gasteiger partial charge is 0.507 e. The molecule has 6 nitrogen and oxygen atoms in total. The number of carbonyl (C=O) groups is 1. The molecule has 0 spiro atoms. The number of ether oxygens (including phenoxy) is 1. The summed E-state index contributed by atoms with van der Waals surface area (Å²) in [7, 11) is 1.57. The molecule has 0 unspecified atom stereocenters. The van der Waals surface area contributed by atoms with Crippen molar-refractivity contribution in [2.75, 3.05) is 19.0 Å². The molecule has 120 valence electrons. The summed E-state index contributed by atoms with van der Waals surface area (Å²) < 4.78 is 5.20. The molecule has 23 heavy (non-hydrogen) atoms. The summed E-state index contributed by atoms with van der Waals surface area (Å²) in [6.45, 7) is 1.76. The van der Waals surface area contributed by atoms with Crippen molar-refractivity contribution < 1.29 is 14.6 Å². The Balaban J connectivity index is 1.92. The fourth-order valence-electron chi connectivity index (χ4n) is 1.99. The van der Waals surface area contributed by atoms with Gasteiger partial charge in [-0.3, -0.25) is 4.79 Å². The second-order valence-corrected chi connectivity index (χ2v) is 4.80. The number of methoxy groups -OCH3 is 1. The SMILES string of the molecule is COc1ccccc1NCC(=O)N/N=C(\C)c1ccccc1O. The summed E-state index contributed by atoms with van der Waals surface area (Å²) in [6.07, 6.45) is 0. The van der Waals surface area contributed by atoms with Crippen LogP contribution >= 0.6 is 0 Å². The molecule has 2 aromatic carbocycles. The summed E-state index contributed by atoms with van der Waals surface area (Å²) >= 11 is 0. The summed E-state index contributed by atoms with van der Waals surface area (Å²) in [4.78, 5) is 11.9. The molecule has 0 aliphatic heterocycles. The van der Waals surface area contributed by atoms with Crippen LogP contribution in [0.1, 0.15) is 12.5 Å². The lowest BCUT2D eigenvalue weighted by Crippen LogP contribution is -2.26. The molecule has 0 atom stereocenters. The van der Waals surface area contributed by atoms with E-state index in [1.54, 1.807) is 44.4 Å². The van der Waals surface area contributed by atoms with Gasteiger partial charge in [-0.1, -0.05) is 24.3 Å². The first-order valence-corrected chi connectivity index (χ1v) is 7.10. The van der Waals surface area contributed by atoms with Crippen molar-refractivity contribution in [3.05, 3.63) is 54.1 Å². The first kappa shape index (κ1) is 16.4. The number of phenolic OH excluding ortho intramolecular Hbond substituents is 1. The molecule has 0 aliphatic carbocycles. The normalized spacial score (nSPS) is 11.0. The second kappa shape index (κ2) is 7.84. The van der Waals surface area contributed by atoms with Crippen molar-refractivity contribution in [3.63, 3.8) is 0 Å². The Labute approximate surface area is 134 Å². The van der Waals surface area contributed by atoms with Crippen molar-refractivity contribution >= 4 is 17.3 Å². The number of amides is 1. The summed E-state index contributed by atoms with van der Waals surface area (Å²) in [5.41, 5.74) is 4.28. The number of para-hydroxylation sites is 3. The summed E-state index contributed by atoms with van der Waals surface area (Å²) in [6, 6.07) is 14.1. The van der Waals surface area contributed by atoms with E-state index in [4.69, 9.17) is 4.74 Å². The van der Waals surface area contributed by atoms with E-state index >= 15 is 0 Å². The van der Waals surface area contributed by atoms with E-state index < -0.39 is 0 Å². The molecule has 6 heteroatoms. The third-order valence-electron chi connectivity index (χ3n) is 3.19. The average Bonchev–Trinajstić information content (AvgIpc) is 2.58. The van der Waals surface area contributed by atoms with Gasteiger partial charge in [0.05, 0.1) is 25.1 Å². The Morgan fingerprint density at radius 2 is 1.87 bits per heavy atom. The summed E-state index contributed by atoms with van der Waals surface area (Å²) in [5.74, 6) is 0.481. The quantitative estimate of drug-likeness (QED) is 0.565. The van der Waals surface area contributed by atoms with Gasteiger partial charge in [0, 0.05) is 5.56 Å². The molecule has 1 amide bonds. The van der Waals surface area contributed by atoms with Gasteiger partial charge in [0.2, 0.25) is 0 Å². The van der Waals surface area contributed by atoms with Crippen LogP contribution in [-0.2, 0) is 4.79 Å². The highest BCUT2D eigenvalue weighted by Crippen LogP contribution is 2.22. The van der Waals surface area contributed by atoms with Gasteiger partial charge < -0.3 is 15.2 Å². The zero-order valence-corrected chi connectivity index (χ0v) is 13.0. The van der Waals surface area contributed by atoms with Gasteiger partial charge in [0.15, 0.2) is 0 Å². The molecule has 0 saturated heterocycles. The number of rotatable bonds is 6. The van der Waals surface area contributed by atoms with Crippen LogP contribution in [0.25, 0.3) is 0 Å². The maximum Gasteiger partial charge on any atom is 0.259 e. The van der Waals surface area contributed by atoms with Gasteiger partial charge in [-0.2, -0.15) is 5.10 Å². The molecule has 0 radical (unpaired) electrons. The van der Waals surface area contributed by atoms with E-state index in [-0.39, 0.29) is 18.2 Å². The van der Waals surface area contributed by atoms with Gasteiger partial charge in [-0.05, 0) is 31.2 Å². The maximum absolute atomic E-state index is 11.9.